The monoisotopic (exact) mass is 408 g/mol. The minimum atomic E-state index is 0.260. The summed E-state index contributed by atoms with van der Waals surface area (Å²) in [6.45, 7) is 4.89. The van der Waals surface area contributed by atoms with E-state index in [0.717, 1.165) is 36.5 Å². The van der Waals surface area contributed by atoms with Crippen LogP contribution in [0, 0.1) is 0 Å². The van der Waals surface area contributed by atoms with Gasteiger partial charge < -0.3 is 14.7 Å². The van der Waals surface area contributed by atoms with Crippen molar-refractivity contribution >= 4 is 38.9 Å². The first kappa shape index (κ1) is 17.5. The van der Waals surface area contributed by atoms with Crippen LogP contribution in [0.5, 0.6) is 0 Å². The highest BCUT2D eigenvalue weighted by molar-refractivity contribution is 9.11. The van der Waals surface area contributed by atoms with Crippen molar-refractivity contribution in [2.24, 2.45) is 0 Å². The van der Waals surface area contributed by atoms with Gasteiger partial charge in [-0.15, -0.1) is 11.3 Å². The lowest BCUT2D eigenvalue weighted by Gasteiger charge is -2.36. The van der Waals surface area contributed by atoms with E-state index in [0.29, 0.717) is 6.54 Å². The second-order valence-corrected chi connectivity index (χ2v) is 8.77. The van der Waals surface area contributed by atoms with Crippen molar-refractivity contribution in [2.45, 2.75) is 6.54 Å². The molecule has 2 aromatic rings. The molecule has 6 heteroatoms. The molecule has 0 saturated carbocycles. The predicted octanol–water partition coefficient (Wildman–Crippen LogP) is 1.87. The molecule has 3 rings (SSSR count). The number of anilines is 1. The molecule has 1 saturated heterocycles. The van der Waals surface area contributed by atoms with Crippen LogP contribution in [0.3, 0.4) is 0 Å². The third kappa shape index (κ3) is 4.59. The number of carbonyl (C=O) groups is 1. The van der Waals surface area contributed by atoms with Crippen molar-refractivity contribution in [3.8, 4) is 0 Å². The van der Waals surface area contributed by atoms with E-state index in [2.05, 4.69) is 64.3 Å². The van der Waals surface area contributed by atoms with Crippen molar-refractivity contribution < 1.29 is 9.69 Å². The van der Waals surface area contributed by atoms with E-state index in [1.165, 1.54) is 15.5 Å². The molecular weight excluding hydrogens is 386 g/mol. The average molecular weight is 409 g/mol. The second kappa shape index (κ2) is 8.14. The lowest BCUT2D eigenvalue weighted by atomic mass is 10.2. The van der Waals surface area contributed by atoms with Crippen LogP contribution in [-0.2, 0) is 11.3 Å². The number of thiophene rings is 1. The van der Waals surface area contributed by atoms with Gasteiger partial charge in [-0.1, -0.05) is 18.2 Å². The number of piperazine rings is 1. The molecule has 0 spiro atoms. The highest BCUT2D eigenvalue weighted by Gasteiger charge is 2.23. The number of carbonyl (C=O) groups excluding carboxylic acids is 1. The maximum absolute atomic E-state index is 12.5. The highest BCUT2D eigenvalue weighted by Crippen LogP contribution is 2.21. The molecule has 128 valence electrons. The van der Waals surface area contributed by atoms with Gasteiger partial charge >= 0.3 is 0 Å². The molecule has 1 aliphatic heterocycles. The summed E-state index contributed by atoms with van der Waals surface area (Å²) in [4.78, 5) is 19.4. The lowest BCUT2D eigenvalue weighted by Crippen LogP contribution is -3.08. The Morgan fingerprint density at radius 3 is 2.46 bits per heavy atom. The minimum Gasteiger partial charge on any atom is -0.368 e. The maximum Gasteiger partial charge on any atom is 0.277 e. The predicted molar refractivity (Wildman–Crippen MR) is 103 cm³/mol. The Morgan fingerprint density at radius 2 is 1.83 bits per heavy atom. The summed E-state index contributed by atoms with van der Waals surface area (Å²) in [7, 11) is 2.09. The minimum absolute atomic E-state index is 0.260. The van der Waals surface area contributed by atoms with Crippen LogP contribution < -0.4 is 9.80 Å². The molecule has 4 nitrogen and oxygen atoms in total. The molecule has 1 aromatic heterocycles. The number of halogens is 1. The number of para-hydroxylation sites is 1. The number of quaternary nitrogens is 1. The highest BCUT2D eigenvalue weighted by atomic mass is 79.9. The van der Waals surface area contributed by atoms with E-state index >= 15 is 0 Å². The summed E-state index contributed by atoms with van der Waals surface area (Å²) in [5.74, 6) is 0.260. The van der Waals surface area contributed by atoms with Crippen LogP contribution in [0.4, 0.5) is 5.69 Å². The van der Waals surface area contributed by atoms with Gasteiger partial charge in [0.25, 0.3) is 5.91 Å². The Kier molecular flexibility index (Phi) is 5.92. The van der Waals surface area contributed by atoms with E-state index < -0.39 is 0 Å². The maximum atomic E-state index is 12.5. The second-order valence-electron chi connectivity index (χ2n) is 6.22. The fourth-order valence-electron chi connectivity index (χ4n) is 3.03. The van der Waals surface area contributed by atoms with Gasteiger partial charge in [0.1, 0.15) is 6.54 Å². The summed E-state index contributed by atoms with van der Waals surface area (Å²) in [6.07, 6.45) is 0. The average Bonchev–Trinajstić information content (AvgIpc) is 3.00. The largest absolute Gasteiger partial charge is 0.368 e. The third-order valence-electron chi connectivity index (χ3n) is 4.31. The molecule has 1 amide bonds. The van der Waals surface area contributed by atoms with E-state index in [-0.39, 0.29) is 5.91 Å². The van der Waals surface area contributed by atoms with E-state index in [1.54, 1.807) is 11.3 Å². The fourth-order valence-corrected chi connectivity index (χ4v) is 4.63. The molecule has 1 atom stereocenters. The first-order valence-corrected chi connectivity index (χ1v) is 9.86. The van der Waals surface area contributed by atoms with Gasteiger partial charge in [0, 0.05) is 31.9 Å². The first-order chi connectivity index (χ1) is 11.6. The molecule has 0 bridgehead atoms. The number of hydrogen-bond donors (Lipinski definition) is 1. The standard InChI is InChI=1S/C18H22BrN3OS/c1-20(13-16-7-8-17(19)24-16)14-18(23)22-11-9-21(10-12-22)15-5-3-2-4-6-15/h2-8H,9-14H2,1H3/p+1. The molecule has 0 radical (unpaired) electrons. The number of benzene rings is 1. The zero-order chi connectivity index (χ0) is 16.9. The molecule has 24 heavy (non-hydrogen) atoms. The van der Waals surface area contributed by atoms with Gasteiger partial charge in [-0.25, -0.2) is 0 Å². The first-order valence-electron chi connectivity index (χ1n) is 8.25. The van der Waals surface area contributed by atoms with Crippen LogP contribution in [0.1, 0.15) is 4.88 Å². The van der Waals surface area contributed by atoms with Crippen molar-refractivity contribution in [3.05, 3.63) is 51.1 Å². The summed E-state index contributed by atoms with van der Waals surface area (Å²) >= 11 is 5.23. The Bertz CT molecular complexity index is 668. The molecule has 1 unspecified atom stereocenters. The fraction of sp³-hybridized carbons (Fsp3) is 0.389. The van der Waals surface area contributed by atoms with Gasteiger partial charge in [-0.2, -0.15) is 0 Å². The topological polar surface area (TPSA) is 28.0 Å². The Morgan fingerprint density at radius 1 is 1.12 bits per heavy atom. The molecule has 0 aliphatic carbocycles. The Hall–Kier alpha value is -1.37. The Labute approximate surface area is 155 Å². The SMILES string of the molecule is C[NH+](CC(=O)N1CCN(c2ccccc2)CC1)Cc1ccc(Br)s1. The van der Waals surface area contributed by atoms with Crippen LogP contribution in [0.15, 0.2) is 46.3 Å². The lowest BCUT2D eigenvalue weighted by molar-refractivity contribution is -0.885. The van der Waals surface area contributed by atoms with Crippen molar-refractivity contribution in [3.63, 3.8) is 0 Å². The van der Waals surface area contributed by atoms with E-state index in [4.69, 9.17) is 0 Å². The molecular formula is C18H23BrN3OS+. The third-order valence-corrected chi connectivity index (χ3v) is 5.94. The van der Waals surface area contributed by atoms with Crippen LogP contribution >= 0.6 is 27.3 Å². The number of likely N-dealkylation sites (N-methyl/N-ethyl adjacent to an activating group) is 1. The van der Waals surface area contributed by atoms with E-state index in [9.17, 15) is 4.79 Å². The molecule has 2 heterocycles. The van der Waals surface area contributed by atoms with Gasteiger partial charge in [-0.05, 0) is 40.2 Å². The zero-order valence-electron chi connectivity index (χ0n) is 13.9. The molecule has 1 fully saturated rings. The summed E-state index contributed by atoms with van der Waals surface area (Å²) in [5.41, 5.74) is 1.25. The quantitative estimate of drug-likeness (QED) is 0.817. The van der Waals surface area contributed by atoms with E-state index in [1.807, 2.05) is 11.0 Å². The number of hydrogen-bond acceptors (Lipinski definition) is 3. The van der Waals surface area contributed by atoms with Crippen LogP contribution in [0.2, 0.25) is 0 Å². The summed E-state index contributed by atoms with van der Waals surface area (Å²) in [5, 5.41) is 0. The van der Waals surface area contributed by atoms with Crippen molar-refractivity contribution in [1.29, 1.82) is 0 Å². The van der Waals surface area contributed by atoms with Gasteiger partial charge in [-0.3, -0.25) is 4.79 Å². The van der Waals surface area contributed by atoms with Crippen LogP contribution in [0.25, 0.3) is 0 Å². The van der Waals surface area contributed by atoms with Crippen LogP contribution in [-0.4, -0.2) is 50.6 Å². The molecule has 1 N–H and O–H groups in total. The van der Waals surface area contributed by atoms with Crippen molar-refractivity contribution in [2.75, 3.05) is 44.7 Å². The van der Waals surface area contributed by atoms with Gasteiger partial charge in [0.05, 0.1) is 15.7 Å². The number of rotatable bonds is 5. The zero-order valence-corrected chi connectivity index (χ0v) is 16.3. The Balaban J connectivity index is 1.46. The number of nitrogens with zero attached hydrogens (tertiary/aromatic N) is 2. The number of nitrogens with one attached hydrogen (secondary N) is 1. The van der Waals surface area contributed by atoms with Gasteiger partial charge in [0.2, 0.25) is 0 Å². The van der Waals surface area contributed by atoms with Crippen molar-refractivity contribution in [1.82, 2.24) is 4.90 Å². The molecule has 1 aromatic carbocycles. The number of amides is 1. The van der Waals surface area contributed by atoms with Gasteiger partial charge in [0.15, 0.2) is 6.54 Å². The normalized spacial score (nSPS) is 16.2. The smallest absolute Gasteiger partial charge is 0.277 e. The summed E-state index contributed by atoms with van der Waals surface area (Å²) < 4.78 is 1.15. The molecule has 1 aliphatic rings. The summed E-state index contributed by atoms with van der Waals surface area (Å²) in [6, 6.07) is 14.6.